The number of amides is 1. The lowest BCUT2D eigenvalue weighted by atomic mass is 10.0. The molecule has 2 aromatic rings. The first kappa shape index (κ1) is 21.2. The highest BCUT2D eigenvalue weighted by Gasteiger charge is 2.21. The molecule has 1 fully saturated rings. The molecule has 0 bridgehead atoms. The fraction of sp³-hybridized carbons (Fsp3) is 0.458. The third kappa shape index (κ3) is 6.23. The van der Waals surface area contributed by atoms with Crippen molar-refractivity contribution < 1.29 is 19.2 Å². The summed E-state index contributed by atoms with van der Waals surface area (Å²) in [6.07, 6.45) is 5.00. The highest BCUT2D eigenvalue weighted by molar-refractivity contribution is 5.94. The predicted molar refractivity (Wildman–Crippen MR) is 115 cm³/mol. The van der Waals surface area contributed by atoms with Crippen LogP contribution < -0.4 is 19.7 Å². The van der Waals surface area contributed by atoms with Crippen LogP contribution in [0.3, 0.4) is 0 Å². The zero-order valence-corrected chi connectivity index (χ0v) is 17.6. The van der Waals surface area contributed by atoms with Gasteiger partial charge in [-0.15, -0.1) is 0 Å². The second-order valence-electron chi connectivity index (χ2n) is 7.80. The van der Waals surface area contributed by atoms with Crippen molar-refractivity contribution in [2.24, 2.45) is 0 Å². The lowest BCUT2D eigenvalue weighted by Crippen LogP contribution is -3.16. The summed E-state index contributed by atoms with van der Waals surface area (Å²) in [7, 11) is 1.59. The standard InChI is InChI=1S/C24H32N2O3/c1-19-9-6-7-15-26(19)16-8-14-25-24(27)21-12-13-22(23(17-21)28-2)29-18-20-10-4-3-5-11-20/h3-5,10-13,17,19H,6-9,14-16,18H2,1-2H3,(H,25,27)/p+1/t19-/m1/s1. The van der Waals surface area contributed by atoms with Gasteiger partial charge in [0.15, 0.2) is 11.5 Å². The summed E-state index contributed by atoms with van der Waals surface area (Å²) in [5.41, 5.74) is 1.68. The number of rotatable bonds is 9. The van der Waals surface area contributed by atoms with Gasteiger partial charge in [-0.25, -0.2) is 0 Å². The van der Waals surface area contributed by atoms with E-state index in [1.165, 1.54) is 25.8 Å². The van der Waals surface area contributed by atoms with Gasteiger partial charge in [0, 0.05) is 18.5 Å². The highest BCUT2D eigenvalue weighted by atomic mass is 16.5. The van der Waals surface area contributed by atoms with E-state index in [1.54, 1.807) is 30.2 Å². The second kappa shape index (κ2) is 10.9. The number of likely N-dealkylation sites (tertiary alicyclic amines) is 1. The zero-order valence-electron chi connectivity index (χ0n) is 17.6. The predicted octanol–water partition coefficient (Wildman–Crippen LogP) is 2.85. The Labute approximate surface area is 174 Å². The summed E-state index contributed by atoms with van der Waals surface area (Å²) >= 11 is 0. The Morgan fingerprint density at radius 1 is 1.14 bits per heavy atom. The molecule has 1 aliphatic heterocycles. The molecule has 0 radical (unpaired) electrons. The van der Waals surface area contributed by atoms with Crippen molar-refractivity contribution in [3.63, 3.8) is 0 Å². The average Bonchev–Trinajstić information content (AvgIpc) is 2.76. The van der Waals surface area contributed by atoms with Crippen LogP contribution in [0.25, 0.3) is 0 Å². The largest absolute Gasteiger partial charge is 0.493 e. The minimum absolute atomic E-state index is 0.0698. The van der Waals surface area contributed by atoms with E-state index in [2.05, 4.69) is 12.2 Å². The lowest BCUT2D eigenvalue weighted by molar-refractivity contribution is -0.928. The van der Waals surface area contributed by atoms with Crippen LogP contribution in [0.1, 0.15) is 48.5 Å². The third-order valence-electron chi connectivity index (χ3n) is 5.71. The smallest absolute Gasteiger partial charge is 0.251 e. The normalized spacial score (nSPS) is 18.8. The molecule has 1 unspecified atom stereocenters. The molecule has 2 N–H and O–H groups in total. The average molecular weight is 398 g/mol. The number of benzene rings is 2. The molecule has 0 spiro atoms. The monoisotopic (exact) mass is 397 g/mol. The van der Waals surface area contributed by atoms with Crippen LogP contribution in [-0.2, 0) is 6.61 Å². The van der Waals surface area contributed by atoms with E-state index < -0.39 is 0 Å². The van der Waals surface area contributed by atoms with Crippen LogP contribution in [0.5, 0.6) is 11.5 Å². The summed E-state index contributed by atoms with van der Waals surface area (Å²) in [6, 6.07) is 16.0. The summed E-state index contributed by atoms with van der Waals surface area (Å²) in [4.78, 5) is 14.2. The summed E-state index contributed by atoms with van der Waals surface area (Å²) in [5, 5.41) is 3.03. The first-order valence-electron chi connectivity index (χ1n) is 10.6. The Kier molecular flexibility index (Phi) is 7.94. The van der Waals surface area contributed by atoms with E-state index in [-0.39, 0.29) is 5.91 Å². The second-order valence-corrected chi connectivity index (χ2v) is 7.80. The SMILES string of the molecule is COc1cc(C(=O)NCCC[NH+]2CCCC[C@H]2C)ccc1OCc1ccccc1. The topological polar surface area (TPSA) is 52.0 Å². The number of nitrogens with one attached hydrogen (secondary N) is 2. The van der Waals surface area contributed by atoms with Crippen LogP contribution >= 0.6 is 0 Å². The molecule has 3 rings (SSSR count). The van der Waals surface area contributed by atoms with Crippen LogP contribution in [0, 0.1) is 0 Å². The maximum Gasteiger partial charge on any atom is 0.251 e. The molecule has 1 heterocycles. The fourth-order valence-corrected chi connectivity index (χ4v) is 3.91. The van der Waals surface area contributed by atoms with Gasteiger partial charge < -0.3 is 19.7 Å². The van der Waals surface area contributed by atoms with Gasteiger partial charge in [-0.05, 0) is 49.9 Å². The van der Waals surface area contributed by atoms with Gasteiger partial charge in [0.25, 0.3) is 5.91 Å². The van der Waals surface area contributed by atoms with Crippen molar-refractivity contribution in [2.75, 3.05) is 26.7 Å². The fourth-order valence-electron chi connectivity index (χ4n) is 3.91. The number of carbonyl (C=O) groups excluding carboxylic acids is 1. The molecule has 2 atom stereocenters. The van der Waals surface area contributed by atoms with E-state index in [4.69, 9.17) is 9.47 Å². The molecule has 0 saturated carbocycles. The van der Waals surface area contributed by atoms with Gasteiger partial charge in [0.1, 0.15) is 6.61 Å². The molecule has 0 aromatic heterocycles. The van der Waals surface area contributed by atoms with Gasteiger partial charge >= 0.3 is 0 Å². The lowest BCUT2D eigenvalue weighted by Gasteiger charge is -2.30. The maximum atomic E-state index is 12.5. The Morgan fingerprint density at radius 2 is 1.97 bits per heavy atom. The van der Waals surface area contributed by atoms with Gasteiger partial charge in [0.2, 0.25) is 0 Å². The number of quaternary nitrogens is 1. The molecule has 0 aliphatic carbocycles. The van der Waals surface area contributed by atoms with E-state index in [0.717, 1.165) is 24.6 Å². The Morgan fingerprint density at radius 3 is 2.72 bits per heavy atom. The molecule has 2 aromatic carbocycles. The van der Waals surface area contributed by atoms with Gasteiger partial charge in [-0.3, -0.25) is 4.79 Å². The van der Waals surface area contributed by atoms with Crippen molar-refractivity contribution in [1.29, 1.82) is 0 Å². The van der Waals surface area contributed by atoms with Crippen LogP contribution in [0.15, 0.2) is 48.5 Å². The van der Waals surface area contributed by atoms with Crippen molar-refractivity contribution in [3.8, 4) is 11.5 Å². The molecular formula is C24H33N2O3+. The van der Waals surface area contributed by atoms with E-state index in [1.807, 2.05) is 30.3 Å². The molecule has 1 aliphatic rings. The Bertz CT molecular complexity index is 779. The van der Waals surface area contributed by atoms with E-state index in [0.29, 0.717) is 30.2 Å². The van der Waals surface area contributed by atoms with Crippen LogP contribution in [-0.4, -0.2) is 38.7 Å². The Balaban J connectivity index is 1.48. The van der Waals surface area contributed by atoms with E-state index >= 15 is 0 Å². The molecule has 1 amide bonds. The summed E-state index contributed by atoms with van der Waals surface area (Å²) in [5.74, 6) is 1.13. The molecule has 1 saturated heterocycles. The van der Waals surface area contributed by atoms with Crippen molar-refractivity contribution in [2.45, 2.75) is 45.3 Å². The molecule has 5 nitrogen and oxygen atoms in total. The van der Waals surface area contributed by atoms with Gasteiger partial charge in [-0.2, -0.15) is 0 Å². The Hall–Kier alpha value is -2.53. The maximum absolute atomic E-state index is 12.5. The molecule has 29 heavy (non-hydrogen) atoms. The quantitative estimate of drug-likeness (QED) is 0.640. The number of hydrogen-bond donors (Lipinski definition) is 2. The number of methoxy groups -OCH3 is 1. The molecular weight excluding hydrogens is 364 g/mol. The highest BCUT2D eigenvalue weighted by Crippen LogP contribution is 2.28. The number of carbonyl (C=O) groups is 1. The minimum Gasteiger partial charge on any atom is -0.493 e. The number of ether oxygens (including phenoxy) is 2. The van der Waals surface area contributed by atoms with Crippen molar-refractivity contribution in [1.82, 2.24) is 5.32 Å². The summed E-state index contributed by atoms with van der Waals surface area (Å²) in [6.45, 7) is 5.87. The third-order valence-corrected chi connectivity index (χ3v) is 5.71. The van der Waals surface area contributed by atoms with Gasteiger partial charge in [0.05, 0.1) is 26.2 Å². The first-order chi connectivity index (χ1) is 14.2. The zero-order chi connectivity index (χ0) is 20.5. The van der Waals surface area contributed by atoms with Gasteiger partial charge in [-0.1, -0.05) is 30.3 Å². The molecule has 156 valence electrons. The number of piperidine rings is 1. The molecule has 5 heteroatoms. The van der Waals surface area contributed by atoms with Crippen LogP contribution in [0.2, 0.25) is 0 Å². The van der Waals surface area contributed by atoms with Crippen LogP contribution in [0.4, 0.5) is 0 Å². The minimum atomic E-state index is -0.0698. The van der Waals surface area contributed by atoms with Crippen molar-refractivity contribution in [3.05, 3.63) is 59.7 Å². The van der Waals surface area contributed by atoms with Crippen molar-refractivity contribution >= 4 is 5.91 Å². The first-order valence-corrected chi connectivity index (χ1v) is 10.6. The van der Waals surface area contributed by atoms with E-state index in [9.17, 15) is 4.79 Å². The summed E-state index contributed by atoms with van der Waals surface area (Å²) < 4.78 is 11.3. The number of hydrogen-bond acceptors (Lipinski definition) is 3.